The Kier molecular flexibility index (Phi) is 5.32. The second-order valence-electron chi connectivity index (χ2n) is 6.09. The van der Waals surface area contributed by atoms with E-state index in [0.717, 1.165) is 25.7 Å². The zero-order chi connectivity index (χ0) is 17.6. The Hall–Kier alpha value is -2.84. The summed E-state index contributed by atoms with van der Waals surface area (Å²) < 4.78 is 12.0. The predicted molar refractivity (Wildman–Crippen MR) is 86.5 cm³/mol. The number of hydrogen-bond donors (Lipinski definition) is 2. The van der Waals surface area contributed by atoms with Gasteiger partial charge in [-0.3, -0.25) is 4.79 Å². The topological polar surface area (TPSA) is 125 Å². The molecule has 0 atom stereocenters. The van der Waals surface area contributed by atoms with Crippen molar-refractivity contribution < 1.29 is 18.7 Å². The number of nitrogens with zero attached hydrogens (tertiary/aromatic N) is 3. The number of carbonyl (C=O) groups excluding carboxylic acids is 2. The molecule has 1 aliphatic carbocycles. The summed E-state index contributed by atoms with van der Waals surface area (Å²) in [5.74, 6) is 0.00201. The summed E-state index contributed by atoms with van der Waals surface area (Å²) in [5.41, 5.74) is 5.67. The van der Waals surface area contributed by atoms with Gasteiger partial charge < -0.3 is 20.2 Å². The van der Waals surface area contributed by atoms with Crippen LogP contribution >= 0.6 is 0 Å². The number of nitrogens with two attached hydrogens (primary N) is 1. The number of carbonyl (C=O) groups is 2. The van der Waals surface area contributed by atoms with Gasteiger partial charge in [-0.1, -0.05) is 24.5 Å². The van der Waals surface area contributed by atoms with Crippen molar-refractivity contribution in [2.24, 2.45) is 5.73 Å². The van der Waals surface area contributed by atoms with Crippen LogP contribution in [0.3, 0.4) is 0 Å². The number of aromatic nitrogens is 3. The van der Waals surface area contributed by atoms with E-state index in [9.17, 15) is 9.59 Å². The number of amides is 2. The normalized spacial score (nSPS) is 15.0. The maximum Gasteiger partial charge on any atom is 0.407 e. The molecular formula is C16H21N5O4. The van der Waals surface area contributed by atoms with Gasteiger partial charge in [0.05, 0.1) is 6.20 Å². The van der Waals surface area contributed by atoms with Crippen LogP contribution in [-0.2, 0) is 17.9 Å². The molecule has 1 aliphatic rings. The molecule has 1 fully saturated rings. The number of rotatable bonds is 6. The highest BCUT2D eigenvalue weighted by molar-refractivity contribution is 5.89. The fraction of sp³-hybridized carbons (Fsp3) is 0.500. The first-order valence-electron chi connectivity index (χ1n) is 8.31. The summed E-state index contributed by atoms with van der Waals surface area (Å²) >= 11 is 0. The van der Waals surface area contributed by atoms with Crippen molar-refractivity contribution in [2.75, 3.05) is 0 Å². The number of furan rings is 1. The van der Waals surface area contributed by atoms with Gasteiger partial charge in [0.1, 0.15) is 24.6 Å². The number of alkyl carbamates (subject to hydrolysis) is 1. The van der Waals surface area contributed by atoms with E-state index >= 15 is 0 Å². The second-order valence-corrected chi connectivity index (χ2v) is 6.09. The average Bonchev–Trinajstić information content (AvgIpc) is 3.24. The van der Waals surface area contributed by atoms with Crippen molar-refractivity contribution in [1.29, 1.82) is 0 Å². The molecule has 0 aromatic carbocycles. The summed E-state index contributed by atoms with van der Waals surface area (Å²) in [4.78, 5) is 22.8. The van der Waals surface area contributed by atoms with Crippen LogP contribution < -0.4 is 11.1 Å². The van der Waals surface area contributed by atoms with E-state index in [1.807, 2.05) is 0 Å². The minimum absolute atomic E-state index is 0.0449. The highest BCUT2D eigenvalue weighted by Crippen LogP contribution is 2.17. The Morgan fingerprint density at radius 1 is 1.32 bits per heavy atom. The third-order valence-electron chi connectivity index (χ3n) is 4.09. The molecule has 0 spiro atoms. The van der Waals surface area contributed by atoms with Crippen LogP contribution in [0, 0.1) is 0 Å². The molecule has 0 bridgehead atoms. The molecule has 2 amide bonds. The number of hydrogen-bond acceptors (Lipinski definition) is 6. The molecule has 0 unspecified atom stereocenters. The first kappa shape index (κ1) is 17.0. The fourth-order valence-corrected chi connectivity index (χ4v) is 2.83. The summed E-state index contributed by atoms with van der Waals surface area (Å²) in [6.45, 7) is 0.345. The van der Waals surface area contributed by atoms with E-state index in [4.69, 9.17) is 14.9 Å². The Morgan fingerprint density at radius 2 is 2.12 bits per heavy atom. The van der Waals surface area contributed by atoms with Gasteiger partial charge in [-0.05, 0) is 25.0 Å². The molecule has 0 saturated heterocycles. The molecule has 2 heterocycles. The first-order chi connectivity index (χ1) is 12.1. The molecule has 25 heavy (non-hydrogen) atoms. The molecule has 9 heteroatoms. The highest BCUT2D eigenvalue weighted by atomic mass is 16.5. The molecule has 3 N–H and O–H groups in total. The molecule has 0 aliphatic heterocycles. The molecule has 0 radical (unpaired) electrons. The Morgan fingerprint density at radius 3 is 2.84 bits per heavy atom. The van der Waals surface area contributed by atoms with Crippen LogP contribution in [-0.4, -0.2) is 33.0 Å². The monoisotopic (exact) mass is 347 g/mol. The maximum atomic E-state index is 11.8. The van der Waals surface area contributed by atoms with E-state index in [1.165, 1.54) is 17.2 Å². The standard InChI is InChI=1S/C16H21N5O4/c17-15(22)14-7-6-13(25-14)9-21-8-12(19-20-21)10-24-16(23)18-11-4-2-1-3-5-11/h6-8,11H,1-5,9-10H2,(H2,17,22)(H,18,23). The van der Waals surface area contributed by atoms with E-state index < -0.39 is 12.0 Å². The van der Waals surface area contributed by atoms with Crippen molar-refractivity contribution in [3.05, 3.63) is 35.5 Å². The van der Waals surface area contributed by atoms with Crippen molar-refractivity contribution >= 4 is 12.0 Å². The predicted octanol–water partition coefficient (Wildman–Crippen LogP) is 1.58. The minimum atomic E-state index is -0.622. The third kappa shape index (κ3) is 4.82. The highest BCUT2D eigenvalue weighted by Gasteiger charge is 2.16. The number of primary amides is 1. The van der Waals surface area contributed by atoms with Crippen LogP contribution in [0.2, 0.25) is 0 Å². The molecule has 1 saturated carbocycles. The molecule has 2 aromatic rings. The summed E-state index contributed by atoms with van der Waals surface area (Å²) in [7, 11) is 0. The quantitative estimate of drug-likeness (QED) is 0.817. The van der Waals surface area contributed by atoms with Gasteiger partial charge in [0, 0.05) is 6.04 Å². The summed E-state index contributed by atoms with van der Waals surface area (Å²) in [6.07, 6.45) is 6.74. The van der Waals surface area contributed by atoms with Crippen LogP contribution in [0.1, 0.15) is 54.1 Å². The zero-order valence-electron chi connectivity index (χ0n) is 13.8. The van der Waals surface area contributed by atoms with Crippen LogP contribution in [0.15, 0.2) is 22.7 Å². The SMILES string of the molecule is NC(=O)c1ccc(Cn2cc(COC(=O)NC3CCCCC3)nn2)o1. The van der Waals surface area contributed by atoms with Crippen molar-refractivity contribution in [3.63, 3.8) is 0 Å². The van der Waals surface area contributed by atoms with E-state index in [-0.39, 0.29) is 18.4 Å². The molecule has 2 aromatic heterocycles. The van der Waals surface area contributed by atoms with Crippen molar-refractivity contribution in [1.82, 2.24) is 20.3 Å². The van der Waals surface area contributed by atoms with Crippen LogP contribution in [0.4, 0.5) is 4.79 Å². The van der Waals surface area contributed by atoms with E-state index in [1.54, 1.807) is 12.3 Å². The van der Waals surface area contributed by atoms with Crippen LogP contribution in [0.25, 0.3) is 0 Å². The summed E-state index contributed by atoms with van der Waals surface area (Å²) in [5, 5.41) is 10.8. The van der Waals surface area contributed by atoms with Gasteiger partial charge in [0.25, 0.3) is 5.91 Å². The molecule has 9 nitrogen and oxygen atoms in total. The molecule has 134 valence electrons. The van der Waals surface area contributed by atoms with Gasteiger partial charge in [-0.25, -0.2) is 9.48 Å². The lowest BCUT2D eigenvalue weighted by molar-refractivity contribution is 0.0971. The minimum Gasteiger partial charge on any atom is -0.454 e. The van der Waals surface area contributed by atoms with Gasteiger partial charge in [-0.15, -0.1) is 5.10 Å². The third-order valence-corrected chi connectivity index (χ3v) is 4.09. The van der Waals surface area contributed by atoms with Gasteiger partial charge in [0.2, 0.25) is 0 Å². The fourth-order valence-electron chi connectivity index (χ4n) is 2.83. The first-order valence-corrected chi connectivity index (χ1v) is 8.31. The largest absolute Gasteiger partial charge is 0.454 e. The second kappa shape index (κ2) is 7.82. The van der Waals surface area contributed by atoms with Crippen molar-refractivity contribution in [2.45, 2.75) is 51.3 Å². The summed E-state index contributed by atoms with van der Waals surface area (Å²) in [6, 6.07) is 3.36. The Balaban J connectivity index is 1.46. The smallest absolute Gasteiger partial charge is 0.407 e. The van der Waals surface area contributed by atoms with E-state index in [0.29, 0.717) is 18.0 Å². The Labute approximate surface area is 144 Å². The van der Waals surface area contributed by atoms with Gasteiger partial charge in [0.15, 0.2) is 5.76 Å². The lowest BCUT2D eigenvalue weighted by Gasteiger charge is -2.22. The lowest BCUT2D eigenvalue weighted by Crippen LogP contribution is -2.36. The average molecular weight is 347 g/mol. The molecule has 3 rings (SSSR count). The van der Waals surface area contributed by atoms with Gasteiger partial charge in [-0.2, -0.15) is 0 Å². The lowest BCUT2D eigenvalue weighted by atomic mass is 9.96. The Bertz CT molecular complexity index is 732. The number of ether oxygens (including phenoxy) is 1. The zero-order valence-corrected chi connectivity index (χ0v) is 13.8. The molecular weight excluding hydrogens is 326 g/mol. The van der Waals surface area contributed by atoms with Crippen LogP contribution in [0.5, 0.6) is 0 Å². The maximum absolute atomic E-state index is 11.8. The van der Waals surface area contributed by atoms with Crippen molar-refractivity contribution in [3.8, 4) is 0 Å². The van der Waals surface area contributed by atoms with E-state index in [2.05, 4.69) is 15.6 Å². The number of nitrogens with one attached hydrogen (secondary N) is 1. The van der Waals surface area contributed by atoms with Gasteiger partial charge >= 0.3 is 6.09 Å².